The maximum atomic E-state index is 5.39. The Bertz CT molecular complexity index is 604. The molecule has 4 nitrogen and oxygen atoms in total. The molecule has 19 heavy (non-hydrogen) atoms. The van der Waals surface area contributed by atoms with Crippen LogP contribution in [0.15, 0.2) is 24.5 Å². The van der Waals surface area contributed by atoms with E-state index in [1.807, 2.05) is 12.1 Å². The molecule has 0 bridgehead atoms. The van der Waals surface area contributed by atoms with Gasteiger partial charge in [0.25, 0.3) is 0 Å². The zero-order valence-corrected chi connectivity index (χ0v) is 11.9. The molecule has 0 saturated heterocycles. The van der Waals surface area contributed by atoms with Gasteiger partial charge in [-0.05, 0) is 49.0 Å². The zero-order chi connectivity index (χ0) is 13.3. The second-order valence-corrected chi connectivity index (χ2v) is 5.77. The van der Waals surface area contributed by atoms with Crippen LogP contribution in [0.4, 0.5) is 0 Å². The number of aromatic amines is 1. The third-order valence-corrected chi connectivity index (χ3v) is 4.67. The third-order valence-electron chi connectivity index (χ3n) is 4.35. The van der Waals surface area contributed by atoms with Crippen LogP contribution in [0.25, 0.3) is 11.4 Å². The van der Waals surface area contributed by atoms with Gasteiger partial charge in [0, 0.05) is 24.5 Å². The van der Waals surface area contributed by atoms with E-state index in [4.69, 9.17) is 12.2 Å². The first-order chi connectivity index (χ1) is 9.24. The average Bonchev–Trinajstić information content (AvgIpc) is 2.76. The lowest BCUT2D eigenvalue weighted by molar-refractivity contribution is 0.100. The van der Waals surface area contributed by atoms with Crippen LogP contribution in [-0.2, 0) is 6.54 Å². The Hall–Kier alpha value is -1.49. The van der Waals surface area contributed by atoms with E-state index in [2.05, 4.69) is 26.7 Å². The largest absolute Gasteiger partial charge is 0.300 e. The zero-order valence-electron chi connectivity index (χ0n) is 11.1. The van der Waals surface area contributed by atoms with Crippen molar-refractivity contribution in [3.8, 4) is 11.4 Å². The van der Waals surface area contributed by atoms with Gasteiger partial charge >= 0.3 is 0 Å². The molecule has 3 rings (SSSR count). The Morgan fingerprint density at radius 3 is 2.68 bits per heavy atom. The molecule has 0 spiro atoms. The molecule has 0 unspecified atom stereocenters. The smallest absolute Gasteiger partial charge is 0.195 e. The number of hydrogen-bond acceptors (Lipinski definition) is 3. The van der Waals surface area contributed by atoms with Gasteiger partial charge in [-0.25, -0.2) is 0 Å². The highest BCUT2D eigenvalue weighted by Crippen LogP contribution is 2.45. The first kappa shape index (κ1) is 12.5. The summed E-state index contributed by atoms with van der Waals surface area (Å²) in [5.41, 5.74) is 1.48. The van der Waals surface area contributed by atoms with E-state index in [1.54, 1.807) is 12.4 Å². The minimum Gasteiger partial charge on any atom is -0.300 e. The van der Waals surface area contributed by atoms with E-state index in [0.717, 1.165) is 17.9 Å². The molecule has 2 aromatic heterocycles. The van der Waals surface area contributed by atoms with Crippen LogP contribution in [0.1, 0.15) is 32.6 Å². The molecule has 2 heterocycles. The number of rotatable bonds is 4. The quantitative estimate of drug-likeness (QED) is 0.867. The number of aromatic nitrogens is 4. The van der Waals surface area contributed by atoms with Gasteiger partial charge in [0.05, 0.1) is 0 Å². The summed E-state index contributed by atoms with van der Waals surface area (Å²) < 4.78 is 2.86. The van der Waals surface area contributed by atoms with Gasteiger partial charge in [0.15, 0.2) is 10.6 Å². The molecule has 1 aliphatic carbocycles. The van der Waals surface area contributed by atoms with E-state index < -0.39 is 0 Å². The highest BCUT2D eigenvalue weighted by Gasteiger charge is 2.36. The summed E-state index contributed by atoms with van der Waals surface area (Å²) in [7, 11) is 0. The van der Waals surface area contributed by atoms with Crippen molar-refractivity contribution in [1.82, 2.24) is 19.7 Å². The second-order valence-electron chi connectivity index (χ2n) is 5.38. The van der Waals surface area contributed by atoms with E-state index in [0.29, 0.717) is 10.2 Å². The lowest BCUT2D eigenvalue weighted by atomic mass is 9.67. The summed E-state index contributed by atoms with van der Waals surface area (Å²) in [6.07, 6.45) is 8.71. The molecule has 2 aromatic rings. The van der Waals surface area contributed by atoms with E-state index in [1.165, 1.54) is 25.7 Å². The highest BCUT2D eigenvalue weighted by molar-refractivity contribution is 7.71. The molecule has 1 fully saturated rings. The van der Waals surface area contributed by atoms with Crippen molar-refractivity contribution in [1.29, 1.82) is 0 Å². The van der Waals surface area contributed by atoms with Crippen molar-refractivity contribution >= 4 is 12.2 Å². The monoisotopic (exact) mass is 274 g/mol. The van der Waals surface area contributed by atoms with Gasteiger partial charge < -0.3 is 0 Å². The molecule has 0 amide bonds. The summed E-state index contributed by atoms with van der Waals surface area (Å²) in [6, 6.07) is 3.95. The van der Waals surface area contributed by atoms with E-state index >= 15 is 0 Å². The fourth-order valence-corrected chi connectivity index (χ4v) is 3.02. The normalized spacial score (nSPS) is 17.1. The number of pyridine rings is 1. The molecule has 1 saturated carbocycles. The molecule has 0 radical (unpaired) electrons. The van der Waals surface area contributed by atoms with Gasteiger partial charge in [-0.3, -0.25) is 14.6 Å². The fourth-order valence-electron chi connectivity index (χ4n) is 2.82. The Balaban J connectivity index is 1.98. The van der Waals surface area contributed by atoms with E-state index in [9.17, 15) is 0 Å². The summed E-state index contributed by atoms with van der Waals surface area (Å²) in [4.78, 5) is 4.05. The predicted octanol–water partition coefficient (Wildman–Crippen LogP) is 3.58. The van der Waals surface area contributed by atoms with Crippen LogP contribution in [0, 0.1) is 10.2 Å². The topological polar surface area (TPSA) is 46.5 Å². The van der Waals surface area contributed by atoms with Crippen LogP contribution >= 0.6 is 12.2 Å². The minimum absolute atomic E-state index is 0.421. The molecular weight excluding hydrogens is 256 g/mol. The van der Waals surface area contributed by atoms with Crippen LogP contribution in [0.2, 0.25) is 0 Å². The van der Waals surface area contributed by atoms with Crippen molar-refractivity contribution in [3.05, 3.63) is 29.3 Å². The van der Waals surface area contributed by atoms with Crippen LogP contribution in [0.3, 0.4) is 0 Å². The van der Waals surface area contributed by atoms with Crippen molar-refractivity contribution in [3.63, 3.8) is 0 Å². The van der Waals surface area contributed by atoms with Crippen molar-refractivity contribution < 1.29 is 0 Å². The Kier molecular flexibility index (Phi) is 3.22. The Morgan fingerprint density at radius 2 is 2.11 bits per heavy atom. The molecule has 1 N–H and O–H groups in total. The molecule has 0 atom stereocenters. The van der Waals surface area contributed by atoms with Gasteiger partial charge in [-0.2, -0.15) is 5.10 Å². The highest BCUT2D eigenvalue weighted by atomic mass is 32.1. The van der Waals surface area contributed by atoms with Crippen LogP contribution in [-0.4, -0.2) is 19.7 Å². The first-order valence-electron chi connectivity index (χ1n) is 6.80. The van der Waals surface area contributed by atoms with Gasteiger partial charge in [0.1, 0.15) is 0 Å². The Morgan fingerprint density at radius 1 is 1.37 bits per heavy atom. The maximum absolute atomic E-state index is 5.39. The van der Waals surface area contributed by atoms with Gasteiger partial charge in [-0.1, -0.05) is 13.3 Å². The molecule has 1 aliphatic rings. The number of nitrogens with zero attached hydrogens (tertiary/aromatic N) is 3. The summed E-state index contributed by atoms with van der Waals surface area (Å²) in [5.74, 6) is 0.923. The molecule has 5 heteroatoms. The van der Waals surface area contributed by atoms with Crippen LogP contribution in [0.5, 0.6) is 0 Å². The molecular formula is C14H18N4S. The van der Waals surface area contributed by atoms with Gasteiger partial charge in [-0.15, -0.1) is 0 Å². The maximum Gasteiger partial charge on any atom is 0.195 e. The first-order valence-corrected chi connectivity index (χ1v) is 7.20. The summed E-state index contributed by atoms with van der Waals surface area (Å²) in [6.45, 7) is 3.24. The fraction of sp³-hybridized carbons (Fsp3) is 0.500. The van der Waals surface area contributed by atoms with Crippen molar-refractivity contribution in [2.24, 2.45) is 5.41 Å². The minimum atomic E-state index is 0.421. The van der Waals surface area contributed by atoms with Crippen LogP contribution < -0.4 is 0 Å². The molecule has 100 valence electrons. The SMILES string of the molecule is CCC1(Cn2c(-c3ccncc3)n[nH]c2=S)CCC1. The number of nitrogens with one attached hydrogen (secondary N) is 1. The third kappa shape index (κ3) is 2.23. The summed E-state index contributed by atoms with van der Waals surface area (Å²) >= 11 is 5.39. The molecule has 0 aliphatic heterocycles. The van der Waals surface area contributed by atoms with E-state index in [-0.39, 0.29) is 0 Å². The average molecular weight is 274 g/mol. The second kappa shape index (κ2) is 4.89. The Labute approximate surface area is 117 Å². The number of H-pyrrole nitrogens is 1. The molecule has 0 aromatic carbocycles. The lowest BCUT2D eigenvalue weighted by Crippen LogP contribution is -2.33. The van der Waals surface area contributed by atoms with Crippen molar-refractivity contribution in [2.45, 2.75) is 39.2 Å². The van der Waals surface area contributed by atoms with Gasteiger partial charge in [0.2, 0.25) is 0 Å². The number of hydrogen-bond donors (Lipinski definition) is 1. The standard InChI is InChI=1S/C14H18N4S/c1-2-14(6-3-7-14)10-18-12(16-17-13(18)19)11-4-8-15-9-5-11/h4-5,8-9H,2-3,6-7,10H2,1H3,(H,17,19). The lowest BCUT2D eigenvalue weighted by Gasteiger charge is -2.41. The van der Waals surface area contributed by atoms with Crippen molar-refractivity contribution in [2.75, 3.05) is 0 Å². The summed E-state index contributed by atoms with van der Waals surface area (Å²) in [5, 5.41) is 7.31. The predicted molar refractivity (Wildman–Crippen MR) is 77.2 cm³/mol.